The first kappa shape index (κ1) is 103. The number of hydrogen-bond donors (Lipinski definition) is 9. The van der Waals surface area contributed by atoms with Crippen LogP contribution in [0.1, 0.15) is 489 Å². The SMILES string of the molecule is CCCCCCCCCCCCCCCCCCCCCCCCCCCCCCCCC/C=C/C(O)C(COC1OC(CO)C(OC2OC(CO)C(O)C(O)C2O)C(O)C1O)NC(=O)CCCCCCCCCCCCCCCCCCCCCCCCCCCCCCCCCCCCCCCCCCC. The number of amides is 1. The van der Waals surface area contributed by atoms with E-state index in [2.05, 4.69) is 19.2 Å². The number of carbonyl (C=O) groups is 1. The molecular weight excluding hydrogens is 1350 g/mol. The van der Waals surface area contributed by atoms with Crippen LogP contribution in [0.3, 0.4) is 0 Å². The molecule has 2 aliphatic rings. The van der Waals surface area contributed by atoms with E-state index in [9.17, 15) is 45.6 Å². The molecular formula is C94H183NO13. The van der Waals surface area contributed by atoms with E-state index in [1.54, 1.807) is 6.08 Å². The van der Waals surface area contributed by atoms with Gasteiger partial charge in [-0.2, -0.15) is 0 Å². The molecule has 14 nitrogen and oxygen atoms in total. The molecule has 0 aromatic heterocycles. The van der Waals surface area contributed by atoms with Crippen LogP contribution in [0, 0.1) is 0 Å². The monoisotopic (exact) mass is 1530 g/mol. The lowest BCUT2D eigenvalue weighted by Crippen LogP contribution is -2.65. The molecule has 0 radical (unpaired) electrons. The van der Waals surface area contributed by atoms with Crippen molar-refractivity contribution in [2.45, 2.75) is 563 Å². The van der Waals surface area contributed by atoms with Gasteiger partial charge < -0.3 is 65.1 Å². The van der Waals surface area contributed by atoms with E-state index in [-0.39, 0.29) is 18.9 Å². The third-order valence-electron chi connectivity index (χ3n) is 24.0. The zero-order valence-electron chi connectivity index (χ0n) is 71.1. The first-order valence-electron chi connectivity index (χ1n) is 47.9. The van der Waals surface area contributed by atoms with E-state index >= 15 is 0 Å². The lowest BCUT2D eigenvalue weighted by molar-refractivity contribution is -0.359. The second kappa shape index (κ2) is 78.3. The van der Waals surface area contributed by atoms with Gasteiger partial charge in [0.2, 0.25) is 5.91 Å². The number of hydrogen-bond acceptors (Lipinski definition) is 13. The van der Waals surface area contributed by atoms with Gasteiger partial charge >= 0.3 is 0 Å². The van der Waals surface area contributed by atoms with Gasteiger partial charge in [0.15, 0.2) is 12.6 Å². The summed E-state index contributed by atoms with van der Waals surface area (Å²) >= 11 is 0. The smallest absolute Gasteiger partial charge is 0.220 e. The van der Waals surface area contributed by atoms with Crippen molar-refractivity contribution in [2.75, 3.05) is 19.8 Å². The molecule has 2 saturated heterocycles. The van der Waals surface area contributed by atoms with Gasteiger partial charge in [-0.1, -0.05) is 475 Å². The van der Waals surface area contributed by atoms with Crippen molar-refractivity contribution >= 4 is 5.91 Å². The average Bonchev–Trinajstić information content (AvgIpc) is 0.788. The van der Waals surface area contributed by atoms with Gasteiger partial charge in [0.05, 0.1) is 32.0 Å². The molecule has 2 heterocycles. The summed E-state index contributed by atoms with van der Waals surface area (Å²) in [7, 11) is 0. The molecule has 9 N–H and O–H groups in total. The Morgan fingerprint density at radius 1 is 0.324 bits per heavy atom. The number of unbranched alkanes of at least 4 members (excludes halogenated alkanes) is 71. The molecule has 0 aromatic carbocycles. The molecule has 0 bridgehead atoms. The van der Waals surface area contributed by atoms with E-state index in [4.69, 9.17) is 18.9 Å². The Labute approximate surface area is 666 Å². The van der Waals surface area contributed by atoms with Gasteiger partial charge in [0.1, 0.15) is 48.8 Å². The number of carbonyl (C=O) groups excluding carboxylic acids is 1. The van der Waals surface area contributed by atoms with Gasteiger partial charge in [0, 0.05) is 6.42 Å². The Morgan fingerprint density at radius 2 is 0.574 bits per heavy atom. The lowest BCUT2D eigenvalue weighted by atomic mass is 9.97. The van der Waals surface area contributed by atoms with Crippen LogP contribution in [0.5, 0.6) is 0 Å². The molecule has 12 unspecified atom stereocenters. The topological polar surface area (TPSA) is 228 Å². The maximum Gasteiger partial charge on any atom is 0.220 e. The van der Waals surface area contributed by atoms with Crippen molar-refractivity contribution in [3.63, 3.8) is 0 Å². The number of nitrogens with one attached hydrogen (secondary N) is 1. The maximum absolute atomic E-state index is 13.4. The summed E-state index contributed by atoms with van der Waals surface area (Å²) in [6.45, 7) is 2.90. The molecule has 2 rings (SSSR count). The largest absolute Gasteiger partial charge is 0.394 e. The van der Waals surface area contributed by atoms with Crippen LogP contribution in [-0.2, 0) is 23.7 Å². The highest BCUT2D eigenvalue weighted by molar-refractivity contribution is 5.76. The third kappa shape index (κ3) is 59.4. The Balaban J connectivity index is 1.53. The maximum atomic E-state index is 13.4. The fraction of sp³-hybridized carbons (Fsp3) is 0.968. The quantitative estimate of drug-likeness (QED) is 0.0204. The van der Waals surface area contributed by atoms with Gasteiger partial charge in [-0.3, -0.25) is 4.79 Å². The van der Waals surface area contributed by atoms with Crippen LogP contribution in [0.4, 0.5) is 0 Å². The highest BCUT2D eigenvalue weighted by Gasteiger charge is 2.51. The normalized spacial score (nSPS) is 21.1. The van der Waals surface area contributed by atoms with Crippen LogP contribution >= 0.6 is 0 Å². The molecule has 2 fully saturated rings. The summed E-state index contributed by atoms with van der Waals surface area (Å²) < 4.78 is 23.0. The van der Waals surface area contributed by atoms with Crippen LogP contribution in [0.25, 0.3) is 0 Å². The fourth-order valence-corrected chi connectivity index (χ4v) is 16.5. The summed E-state index contributed by atoms with van der Waals surface area (Å²) in [4.78, 5) is 13.4. The lowest BCUT2D eigenvalue weighted by Gasteiger charge is -2.46. The van der Waals surface area contributed by atoms with Crippen LogP contribution in [0.15, 0.2) is 12.2 Å². The number of rotatable bonds is 84. The summed E-state index contributed by atoms with van der Waals surface area (Å²) in [6, 6.07) is -0.914. The van der Waals surface area contributed by atoms with Crippen LogP contribution < -0.4 is 5.32 Å². The standard InChI is InChI=1S/C94H183NO13/c1-3-5-7-9-11-13-15-17-19-21-23-25-27-29-31-33-35-37-38-39-40-41-42-43-44-46-48-50-52-54-56-58-60-62-64-66-68-70-72-74-76-78-86(99)95-82(81-105-93-91(104)89(102)92(85(80-97)107-93)108-94-90(103)88(101)87(100)84(79-96)106-94)83(98)77-75-73-71-69-67-65-63-61-59-57-55-53-51-49-47-45-36-34-32-30-28-26-24-22-20-18-16-14-12-10-8-6-4-2/h75,77,82-85,87-94,96-98,100-104H,3-74,76,78-81H2,1-2H3,(H,95,99)/b77-75+. The van der Waals surface area contributed by atoms with Gasteiger partial charge in [0.25, 0.3) is 0 Å². The van der Waals surface area contributed by atoms with Crippen molar-refractivity contribution in [1.29, 1.82) is 0 Å². The molecule has 108 heavy (non-hydrogen) atoms. The first-order chi connectivity index (χ1) is 53.1. The first-order valence-corrected chi connectivity index (χ1v) is 47.9. The Morgan fingerprint density at radius 3 is 0.852 bits per heavy atom. The average molecular weight is 1540 g/mol. The molecule has 0 aromatic rings. The Kier molecular flexibility index (Phi) is 74.5. The van der Waals surface area contributed by atoms with Crippen LogP contribution in [-0.4, -0.2) is 140 Å². The predicted octanol–water partition coefficient (Wildman–Crippen LogP) is 23.9. The molecule has 0 aliphatic carbocycles. The van der Waals surface area contributed by atoms with Gasteiger partial charge in [-0.25, -0.2) is 0 Å². The third-order valence-corrected chi connectivity index (χ3v) is 24.0. The van der Waals surface area contributed by atoms with Gasteiger partial charge in [-0.15, -0.1) is 0 Å². The van der Waals surface area contributed by atoms with Crippen molar-refractivity contribution in [3.05, 3.63) is 12.2 Å². The Bertz CT molecular complexity index is 1860. The zero-order chi connectivity index (χ0) is 77.9. The van der Waals surface area contributed by atoms with E-state index in [0.717, 1.165) is 44.9 Å². The Hall–Kier alpha value is -1.27. The highest BCUT2D eigenvalue weighted by atomic mass is 16.7. The minimum atomic E-state index is -1.79. The van der Waals surface area contributed by atoms with E-state index < -0.39 is 86.8 Å². The van der Waals surface area contributed by atoms with E-state index in [1.807, 2.05) is 6.08 Å². The minimum Gasteiger partial charge on any atom is -0.394 e. The van der Waals surface area contributed by atoms with Crippen LogP contribution in [0.2, 0.25) is 0 Å². The number of aliphatic hydroxyl groups is 8. The van der Waals surface area contributed by atoms with E-state index in [1.165, 1.54) is 424 Å². The summed E-state index contributed by atoms with van der Waals surface area (Å²) in [5.74, 6) is -0.227. The highest BCUT2D eigenvalue weighted by Crippen LogP contribution is 2.31. The van der Waals surface area contributed by atoms with E-state index in [0.29, 0.717) is 0 Å². The molecule has 14 heteroatoms. The molecule has 12 atom stereocenters. The molecule has 0 saturated carbocycles. The second-order valence-electron chi connectivity index (χ2n) is 34.2. The second-order valence-corrected chi connectivity index (χ2v) is 34.2. The predicted molar refractivity (Wildman–Crippen MR) is 452 cm³/mol. The molecule has 0 spiro atoms. The molecule has 642 valence electrons. The molecule has 1 amide bonds. The zero-order valence-corrected chi connectivity index (χ0v) is 71.1. The summed E-state index contributed by atoms with van der Waals surface area (Å²) in [5.41, 5.74) is 0. The summed E-state index contributed by atoms with van der Waals surface area (Å²) in [5, 5.41) is 88.0. The number of aliphatic hydroxyl groups excluding tert-OH is 8. The number of ether oxygens (including phenoxy) is 4. The summed E-state index contributed by atoms with van der Waals surface area (Å²) in [6.07, 6.45) is 86.5. The van der Waals surface area contributed by atoms with Crippen molar-refractivity contribution in [3.8, 4) is 0 Å². The van der Waals surface area contributed by atoms with Crippen molar-refractivity contribution < 1.29 is 64.6 Å². The number of allylic oxidation sites excluding steroid dienone is 1. The van der Waals surface area contributed by atoms with Crippen molar-refractivity contribution in [2.24, 2.45) is 0 Å². The molecule has 2 aliphatic heterocycles. The minimum absolute atomic E-state index is 0.227. The van der Waals surface area contributed by atoms with Gasteiger partial charge in [-0.05, 0) is 19.3 Å². The fourth-order valence-electron chi connectivity index (χ4n) is 16.5. The van der Waals surface area contributed by atoms with Crippen molar-refractivity contribution in [1.82, 2.24) is 5.32 Å².